The van der Waals surface area contributed by atoms with E-state index in [4.69, 9.17) is 28.4 Å². The monoisotopic (exact) mass is 1090 g/mol. The summed E-state index contributed by atoms with van der Waals surface area (Å²) in [5, 5.41) is 72.4. The largest absolute Gasteiger partial charge is 0.457 e. The number of allylic oxidation sites excluding steroid dienone is 10. The first-order valence-electron chi connectivity index (χ1n) is 30.9. The average Bonchev–Trinajstić information content (AvgIpc) is 3.43. The van der Waals surface area contributed by atoms with Gasteiger partial charge in [0.05, 0.1) is 26.4 Å². The van der Waals surface area contributed by atoms with E-state index in [-0.39, 0.29) is 25.6 Å². The number of unbranched alkanes of at least 4 members (excludes halogenated alkanes) is 26. The van der Waals surface area contributed by atoms with Crippen molar-refractivity contribution in [3.8, 4) is 0 Å². The fourth-order valence-corrected chi connectivity index (χ4v) is 9.57. The maximum Gasteiger partial charge on any atom is 0.306 e. The second-order valence-electron chi connectivity index (χ2n) is 21.5. The summed E-state index contributed by atoms with van der Waals surface area (Å²) in [6, 6.07) is 0. The number of carbonyl (C=O) groups is 1. The van der Waals surface area contributed by atoms with Crippen LogP contribution >= 0.6 is 0 Å². The summed E-state index contributed by atoms with van der Waals surface area (Å²) in [5.41, 5.74) is 0. The predicted molar refractivity (Wildman–Crippen MR) is 307 cm³/mol. The van der Waals surface area contributed by atoms with Crippen molar-refractivity contribution in [3.05, 3.63) is 60.8 Å². The molecule has 0 aromatic heterocycles. The zero-order valence-corrected chi connectivity index (χ0v) is 48.2. The maximum atomic E-state index is 13.1. The molecule has 7 N–H and O–H groups in total. The highest BCUT2D eigenvalue weighted by molar-refractivity contribution is 5.69. The molecule has 2 heterocycles. The Morgan fingerprint density at radius 1 is 0.442 bits per heavy atom. The lowest BCUT2D eigenvalue weighted by atomic mass is 9.98. The number of hydrogen-bond donors (Lipinski definition) is 7. The minimum atomic E-state index is -1.71. The van der Waals surface area contributed by atoms with E-state index in [0.717, 1.165) is 70.6 Å². The van der Waals surface area contributed by atoms with Gasteiger partial charge in [0, 0.05) is 13.0 Å². The number of rotatable bonds is 50. The first-order chi connectivity index (χ1) is 37.6. The van der Waals surface area contributed by atoms with Gasteiger partial charge in [-0.1, -0.05) is 209 Å². The van der Waals surface area contributed by atoms with Crippen molar-refractivity contribution >= 4 is 5.97 Å². The summed E-state index contributed by atoms with van der Waals surface area (Å²) in [4.78, 5) is 13.1. The second kappa shape index (κ2) is 49.5. The van der Waals surface area contributed by atoms with Gasteiger partial charge in [-0.15, -0.1) is 0 Å². The van der Waals surface area contributed by atoms with Crippen LogP contribution in [0.5, 0.6) is 0 Å². The molecule has 77 heavy (non-hydrogen) atoms. The Morgan fingerprint density at radius 3 is 1.34 bits per heavy atom. The molecule has 2 rings (SSSR count). The molecule has 2 saturated heterocycles. The minimum absolute atomic E-state index is 0.0563. The Kier molecular flexibility index (Phi) is 45.5. The predicted octanol–water partition coefficient (Wildman–Crippen LogP) is 11.6. The van der Waals surface area contributed by atoms with Crippen molar-refractivity contribution in [2.75, 3.05) is 33.0 Å². The van der Waals surface area contributed by atoms with E-state index in [1.165, 1.54) is 135 Å². The van der Waals surface area contributed by atoms with Gasteiger partial charge in [0.25, 0.3) is 0 Å². The number of hydrogen-bond acceptors (Lipinski definition) is 14. The van der Waals surface area contributed by atoms with Gasteiger partial charge in [-0.05, 0) is 77.0 Å². The molecule has 11 unspecified atom stereocenters. The SMILES string of the molecule is CC/C=C\C/C=C\C/C=C\C/C=C\CCCCCCCCCCC(=O)OC(COCCCCCCCCCCCC/C=C\CCCCCCCCCC)COC1OC(COC2OC(CO)C(O)C(O)C2O)C(O)C(O)C1O. The van der Waals surface area contributed by atoms with Gasteiger partial charge < -0.3 is 64.2 Å². The van der Waals surface area contributed by atoms with Gasteiger partial charge in [-0.3, -0.25) is 4.79 Å². The second-order valence-corrected chi connectivity index (χ2v) is 21.5. The lowest BCUT2D eigenvalue weighted by Crippen LogP contribution is -2.61. The molecule has 0 aromatic rings. The molecule has 0 spiro atoms. The summed E-state index contributed by atoms with van der Waals surface area (Å²) in [7, 11) is 0. The summed E-state index contributed by atoms with van der Waals surface area (Å²) < 4.78 is 34.5. The van der Waals surface area contributed by atoms with Crippen LogP contribution in [0.3, 0.4) is 0 Å². The van der Waals surface area contributed by atoms with E-state index in [0.29, 0.717) is 13.0 Å². The van der Waals surface area contributed by atoms with E-state index in [1.54, 1.807) is 0 Å². The zero-order chi connectivity index (χ0) is 55.8. The van der Waals surface area contributed by atoms with E-state index in [1.807, 2.05) is 0 Å². The van der Waals surface area contributed by atoms with Crippen LogP contribution in [-0.2, 0) is 33.2 Å². The Balaban J connectivity index is 1.70. The molecule has 2 aliphatic rings. The number of esters is 1. The van der Waals surface area contributed by atoms with Crippen LogP contribution in [0, 0.1) is 0 Å². The van der Waals surface area contributed by atoms with Gasteiger partial charge >= 0.3 is 5.97 Å². The van der Waals surface area contributed by atoms with Crippen LogP contribution in [0.4, 0.5) is 0 Å². The van der Waals surface area contributed by atoms with Crippen molar-refractivity contribution < 1.29 is 69.0 Å². The molecule has 0 radical (unpaired) electrons. The lowest BCUT2D eigenvalue weighted by molar-refractivity contribution is -0.332. The number of carbonyl (C=O) groups excluding carboxylic acids is 1. The lowest BCUT2D eigenvalue weighted by Gasteiger charge is -2.42. The van der Waals surface area contributed by atoms with Crippen LogP contribution in [-0.4, -0.2) is 142 Å². The molecular formula is C63H112O14. The molecule has 14 heteroatoms. The summed E-state index contributed by atoms with van der Waals surface area (Å²) in [6.07, 6.45) is 45.6. The molecule has 0 saturated carbocycles. The van der Waals surface area contributed by atoms with Crippen LogP contribution < -0.4 is 0 Å². The highest BCUT2D eigenvalue weighted by Gasteiger charge is 2.47. The molecule has 11 atom stereocenters. The average molecular weight is 1090 g/mol. The van der Waals surface area contributed by atoms with E-state index < -0.39 is 80.7 Å². The molecule has 2 fully saturated rings. The Hall–Kier alpha value is -2.31. The summed E-state index contributed by atoms with van der Waals surface area (Å²) in [6.45, 7) is 3.59. The van der Waals surface area contributed by atoms with Crippen molar-refractivity contribution in [2.24, 2.45) is 0 Å². The fourth-order valence-electron chi connectivity index (χ4n) is 9.57. The third-order valence-electron chi connectivity index (χ3n) is 14.5. The van der Waals surface area contributed by atoms with Crippen LogP contribution in [0.2, 0.25) is 0 Å². The van der Waals surface area contributed by atoms with Crippen LogP contribution in [0.1, 0.15) is 232 Å². The molecule has 0 amide bonds. The zero-order valence-electron chi connectivity index (χ0n) is 48.2. The third-order valence-corrected chi connectivity index (χ3v) is 14.5. The highest BCUT2D eigenvalue weighted by atomic mass is 16.7. The van der Waals surface area contributed by atoms with E-state index in [2.05, 4.69) is 74.6 Å². The molecule has 0 bridgehead atoms. The van der Waals surface area contributed by atoms with Gasteiger partial charge in [0.1, 0.15) is 54.9 Å². The molecule has 0 aromatic carbocycles. The Bertz CT molecular complexity index is 1500. The third kappa shape index (κ3) is 35.9. The maximum absolute atomic E-state index is 13.1. The molecule has 14 nitrogen and oxygen atoms in total. The van der Waals surface area contributed by atoms with Gasteiger partial charge in [0.15, 0.2) is 12.6 Å². The normalized spacial score (nSPS) is 24.7. The number of aliphatic hydroxyl groups is 7. The Labute approximate surface area is 466 Å². The van der Waals surface area contributed by atoms with Gasteiger partial charge in [-0.2, -0.15) is 0 Å². The Morgan fingerprint density at radius 2 is 0.844 bits per heavy atom. The smallest absolute Gasteiger partial charge is 0.306 e. The molecule has 2 aliphatic heterocycles. The van der Waals surface area contributed by atoms with Gasteiger partial charge in [-0.25, -0.2) is 0 Å². The topological polar surface area (TPSA) is 214 Å². The minimum Gasteiger partial charge on any atom is -0.457 e. The van der Waals surface area contributed by atoms with E-state index in [9.17, 15) is 40.5 Å². The summed E-state index contributed by atoms with van der Waals surface area (Å²) >= 11 is 0. The highest BCUT2D eigenvalue weighted by Crippen LogP contribution is 2.27. The standard InChI is InChI=1S/C63H112O14/c1-3-5-7-9-11-13-15-17-19-21-23-25-27-29-31-33-35-37-39-41-43-45-47-72-49-52(50-73-62-61(71)59(69)57(67)54(77-62)51-74-63-60(70)58(68)56(66)53(48-64)76-63)75-55(65)46-44-42-40-38-36-34-32-30-28-26-24-22-20-18-16-14-12-10-8-6-4-2/h6,8,12,14,18,20-21,23-24,26,52-54,56-64,66-71H,3-5,7,9-11,13,15-17,19,22,25,27-51H2,1-2H3/b8-6-,14-12-,20-18-,23-21-,26-24-. The first-order valence-corrected chi connectivity index (χ1v) is 30.9. The van der Waals surface area contributed by atoms with Crippen LogP contribution in [0.25, 0.3) is 0 Å². The van der Waals surface area contributed by atoms with Gasteiger partial charge in [0.2, 0.25) is 0 Å². The summed E-state index contributed by atoms with van der Waals surface area (Å²) in [5.74, 6) is -0.384. The fraction of sp³-hybridized carbons (Fsp3) is 0.825. The molecular weight excluding hydrogens is 981 g/mol. The van der Waals surface area contributed by atoms with Crippen molar-refractivity contribution in [1.82, 2.24) is 0 Å². The number of aliphatic hydroxyl groups excluding tert-OH is 7. The molecule has 0 aliphatic carbocycles. The van der Waals surface area contributed by atoms with E-state index >= 15 is 0 Å². The quantitative estimate of drug-likeness (QED) is 0.0172. The number of ether oxygens (including phenoxy) is 6. The molecule has 448 valence electrons. The first kappa shape index (κ1) is 70.8. The van der Waals surface area contributed by atoms with Crippen molar-refractivity contribution in [3.63, 3.8) is 0 Å². The van der Waals surface area contributed by atoms with Crippen molar-refractivity contribution in [2.45, 2.75) is 300 Å². The van der Waals surface area contributed by atoms with Crippen molar-refractivity contribution in [1.29, 1.82) is 0 Å². The van der Waals surface area contributed by atoms with Crippen LogP contribution in [0.15, 0.2) is 60.8 Å².